The van der Waals surface area contributed by atoms with E-state index in [0.29, 0.717) is 25.9 Å². The van der Waals surface area contributed by atoms with Crippen LogP contribution in [0.25, 0.3) is 0 Å². The lowest BCUT2D eigenvalue weighted by Crippen LogP contribution is -2.40. The van der Waals surface area contributed by atoms with Crippen LogP contribution in [-0.2, 0) is 11.0 Å². The Labute approximate surface area is 140 Å². The van der Waals surface area contributed by atoms with Crippen LogP contribution < -0.4 is 0 Å². The van der Waals surface area contributed by atoms with E-state index in [2.05, 4.69) is 5.10 Å². The topological polar surface area (TPSA) is 58.4 Å². The summed E-state index contributed by atoms with van der Waals surface area (Å²) in [5.74, 6) is -0.912. The van der Waals surface area contributed by atoms with Crippen molar-refractivity contribution in [1.29, 1.82) is 0 Å². The molecule has 0 aliphatic carbocycles. The number of halogens is 3. The Kier molecular flexibility index (Phi) is 4.64. The first kappa shape index (κ1) is 17.0. The molecule has 3 heterocycles. The minimum Gasteiger partial charge on any atom is -0.480 e. The number of carbonyl (C=O) groups is 1. The summed E-state index contributed by atoms with van der Waals surface area (Å²) in [6, 6.07) is 1.91. The summed E-state index contributed by atoms with van der Waals surface area (Å²) in [5, 5.41) is 16.8. The largest absolute Gasteiger partial charge is 0.480 e. The Morgan fingerprint density at radius 3 is 2.54 bits per heavy atom. The Bertz CT molecular complexity index is 691. The molecule has 0 radical (unpaired) electrons. The number of likely N-dealkylation sites (tertiary alicyclic amines) is 1. The Morgan fingerprint density at radius 2 is 2.04 bits per heavy atom. The summed E-state index contributed by atoms with van der Waals surface area (Å²) >= 11 is 1.44. The lowest BCUT2D eigenvalue weighted by atomic mass is 10.0. The van der Waals surface area contributed by atoms with Gasteiger partial charge in [-0.1, -0.05) is 0 Å². The fraction of sp³-hybridized carbons (Fsp3) is 0.467. The fourth-order valence-corrected chi connectivity index (χ4v) is 3.72. The number of carboxylic acid groups (broad SMARTS) is 1. The van der Waals surface area contributed by atoms with Crippen molar-refractivity contribution in [3.05, 3.63) is 40.3 Å². The number of rotatable bonds is 4. The number of aromatic nitrogens is 2. The molecule has 9 heteroatoms. The predicted molar refractivity (Wildman–Crippen MR) is 81.8 cm³/mol. The normalized spacial score (nSPS) is 18.6. The van der Waals surface area contributed by atoms with Gasteiger partial charge >= 0.3 is 12.1 Å². The van der Waals surface area contributed by atoms with Crippen LogP contribution in [0.4, 0.5) is 13.2 Å². The molecule has 1 atom stereocenters. The molecule has 0 bridgehead atoms. The molecule has 1 N–H and O–H groups in total. The molecule has 5 nitrogen and oxygen atoms in total. The minimum atomic E-state index is -4.45. The van der Waals surface area contributed by atoms with Gasteiger partial charge in [0.2, 0.25) is 0 Å². The molecule has 0 aromatic carbocycles. The van der Waals surface area contributed by atoms with Crippen molar-refractivity contribution in [2.45, 2.75) is 31.1 Å². The third-order valence-corrected chi connectivity index (χ3v) is 4.93. The zero-order chi connectivity index (χ0) is 17.3. The van der Waals surface area contributed by atoms with Crippen LogP contribution in [0.1, 0.15) is 36.2 Å². The highest BCUT2D eigenvalue weighted by atomic mass is 32.1. The summed E-state index contributed by atoms with van der Waals surface area (Å²) < 4.78 is 39.2. The van der Waals surface area contributed by atoms with Gasteiger partial charge in [-0.15, -0.1) is 0 Å². The average Bonchev–Trinajstić information content (AvgIpc) is 3.18. The third kappa shape index (κ3) is 3.46. The summed E-state index contributed by atoms with van der Waals surface area (Å²) in [5.41, 5.74) is -0.156. The van der Waals surface area contributed by atoms with E-state index in [-0.39, 0.29) is 6.04 Å². The maximum absolute atomic E-state index is 12.6. The van der Waals surface area contributed by atoms with Gasteiger partial charge in [-0.2, -0.15) is 29.6 Å². The molecule has 1 unspecified atom stereocenters. The highest BCUT2D eigenvalue weighted by Crippen LogP contribution is 2.32. The predicted octanol–water partition coefficient (Wildman–Crippen LogP) is 3.43. The standard InChI is InChI=1S/C15H16F3N3O2S/c16-15(17,18)12-3-7-21(19-12)11-1-5-20(6-2-11)13(14(22)23)10-4-8-24-9-10/h3-4,7-9,11,13H,1-2,5-6H2,(H,22,23). The molecule has 24 heavy (non-hydrogen) atoms. The van der Waals surface area contributed by atoms with E-state index >= 15 is 0 Å². The Hall–Kier alpha value is -1.87. The van der Waals surface area contributed by atoms with Crippen LogP contribution >= 0.6 is 11.3 Å². The van der Waals surface area contributed by atoms with Gasteiger partial charge < -0.3 is 5.11 Å². The van der Waals surface area contributed by atoms with Crippen molar-refractivity contribution in [2.24, 2.45) is 0 Å². The van der Waals surface area contributed by atoms with Crippen molar-refractivity contribution < 1.29 is 23.1 Å². The van der Waals surface area contributed by atoms with E-state index in [9.17, 15) is 23.1 Å². The summed E-state index contributed by atoms with van der Waals surface area (Å²) in [6.45, 7) is 0.997. The Morgan fingerprint density at radius 1 is 1.33 bits per heavy atom. The van der Waals surface area contributed by atoms with Crippen molar-refractivity contribution in [1.82, 2.24) is 14.7 Å². The third-order valence-electron chi connectivity index (χ3n) is 4.23. The number of carboxylic acids is 1. The van der Waals surface area contributed by atoms with Gasteiger partial charge in [-0.05, 0) is 41.3 Å². The highest BCUT2D eigenvalue weighted by Gasteiger charge is 2.35. The zero-order valence-corrected chi connectivity index (χ0v) is 13.4. The maximum atomic E-state index is 12.6. The second-order valence-electron chi connectivity index (χ2n) is 5.74. The SMILES string of the molecule is O=C(O)C(c1ccsc1)N1CCC(n2ccc(C(F)(F)F)n2)CC1. The van der Waals surface area contributed by atoms with E-state index in [1.165, 1.54) is 22.2 Å². The van der Waals surface area contributed by atoms with E-state index in [1.807, 2.05) is 15.7 Å². The molecule has 130 valence electrons. The number of aliphatic carboxylic acids is 1. The monoisotopic (exact) mass is 359 g/mol. The molecule has 1 aliphatic rings. The first-order valence-electron chi connectivity index (χ1n) is 7.47. The number of hydrogen-bond donors (Lipinski definition) is 1. The first-order chi connectivity index (χ1) is 11.4. The van der Waals surface area contributed by atoms with Gasteiger partial charge in [0.05, 0.1) is 6.04 Å². The lowest BCUT2D eigenvalue weighted by Gasteiger charge is -2.35. The summed E-state index contributed by atoms with van der Waals surface area (Å²) in [6.07, 6.45) is -1.98. The number of thiophene rings is 1. The Balaban J connectivity index is 1.67. The van der Waals surface area contributed by atoms with E-state index in [0.717, 1.165) is 11.6 Å². The van der Waals surface area contributed by atoms with Crippen molar-refractivity contribution in [3.63, 3.8) is 0 Å². The van der Waals surface area contributed by atoms with Gasteiger partial charge in [-0.3, -0.25) is 14.4 Å². The summed E-state index contributed by atoms with van der Waals surface area (Å²) in [4.78, 5) is 13.4. The molecule has 2 aromatic rings. The van der Waals surface area contributed by atoms with Gasteiger partial charge in [-0.25, -0.2) is 0 Å². The average molecular weight is 359 g/mol. The highest BCUT2D eigenvalue weighted by molar-refractivity contribution is 7.08. The molecule has 2 aromatic heterocycles. The van der Waals surface area contributed by atoms with E-state index < -0.39 is 23.9 Å². The molecule has 0 amide bonds. The van der Waals surface area contributed by atoms with Crippen LogP contribution in [0.5, 0.6) is 0 Å². The van der Waals surface area contributed by atoms with Crippen LogP contribution in [0.15, 0.2) is 29.1 Å². The quantitative estimate of drug-likeness (QED) is 0.909. The zero-order valence-electron chi connectivity index (χ0n) is 12.6. The molecule has 3 rings (SSSR count). The summed E-state index contributed by atoms with van der Waals surface area (Å²) in [7, 11) is 0. The van der Waals surface area contributed by atoms with Crippen LogP contribution in [0, 0.1) is 0 Å². The van der Waals surface area contributed by atoms with E-state index in [1.54, 1.807) is 6.07 Å². The van der Waals surface area contributed by atoms with Gasteiger partial charge in [0.15, 0.2) is 5.69 Å². The number of piperidine rings is 1. The van der Waals surface area contributed by atoms with Crippen LogP contribution in [0.3, 0.4) is 0 Å². The van der Waals surface area contributed by atoms with Crippen LogP contribution in [0.2, 0.25) is 0 Å². The second kappa shape index (κ2) is 6.56. The molecule has 0 saturated carbocycles. The van der Waals surface area contributed by atoms with Gasteiger partial charge in [0, 0.05) is 19.3 Å². The molecular weight excluding hydrogens is 343 g/mol. The number of hydrogen-bond acceptors (Lipinski definition) is 4. The van der Waals surface area contributed by atoms with Crippen molar-refractivity contribution in [2.75, 3.05) is 13.1 Å². The molecule has 0 spiro atoms. The van der Waals surface area contributed by atoms with Crippen molar-refractivity contribution >= 4 is 17.3 Å². The van der Waals surface area contributed by atoms with Gasteiger partial charge in [0.25, 0.3) is 0 Å². The van der Waals surface area contributed by atoms with Crippen LogP contribution in [-0.4, -0.2) is 38.8 Å². The van der Waals surface area contributed by atoms with E-state index in [4.69, 9.17) is 0 Å². The van der Waals surface area contributed by atoms with Gasteiger partial charge in [0.1, 0.15) is 6.04 Å². The molecule has 1 aliphatic heterocycles. The number of nitrogens with zero attached hydrogens (tertiary/aromatic N) is 3. The molecule has 1 fully saturated rings. The minimum absolute atomic E-state index is 0.144. The second-order valence-corrected chi connectivity index (χ2v) is 6.52. The van der Waals surface area contributed by atoms with Crippen molar-refractivity contribution in [3.8, 4) is 0 Å². The maximum Gasteiger partial charge on any atom is 0.435 e. The lowest BCUT2D eigenvalue weighted by molar-refractivity contribution is -0.144. The molecule has 1 saturated heterocycles. The number of alkyl halides is 3. The molecular formula is C15H16F3N3O2S. The first-order valence-corrected chi connectivity index (χ1v) is 8.42. The smallest absolute Gasteiger partial charge is 0.435 e. The fourth-order valence-electron chi connectivity index (χ4n) is 3.04.